The Morgan fingerprint density at radius 1 is 1.36 bits per heavy atom. The van der Waals surface area contributed by atoms with Crippen molar-refractivity contribution in [2.45, 2.75) is 76.4 Å². The van der Waals surface area contributed by atoms with Gasteiger partial charge >= 0.3 is 5.97 Å². The fourth-order valence-corrected chi connectivity index (χ4v) is 6.28. The lowest BCUT2D eigenvalue weighted by molar-refractivity contribution is -0.134. The van der Waals surface area contributed by atoms with E-state index >= 15 is 0 Å². The Kier molecular flexibility index (Phi) is 4.80. The van der Waals surface area contributed by atoms with Crippen LogP contribution in [0, 0.1) is 29.6 Å². The summed E-state index contributed by atoms with van der Waals surface area (Å²) in [6, 6.07) is 5.86. The van der Waals surface area contributed by atoms with E-state index in [1.54, 1.807) is 0 Å². The molecule has 2 N–H and O–H groups in total. The monoisotopic (exact) mass is 382 g/mol. The zero-order valence-corrected chi connectivity index (χ0v) is 16.8. The lowest BCUT2D eigenvalue weighted by Gasteiger charge is -2.53. The number of hydrogen-bond acceptors (Lipinski definition) is 4. The molecule has 1 aromatic carbocycles. The number of aliphatic hydroxyl groups excluding tert-OH is 1. The number of carbonyl (C=O) groups is 1. The minimum absolute atomic E-state index is 0.113. The van der Waals surface area contributed by atoms with Crippen molar-refractivity contribution >= 4 is 5.97 Å². The van der Waals surface area contributed by atoms with E-state index in [0.29, 0.717) is 25.0 Å². The molecule has 4 rings (SSSR count). The van der Waals surface area contributed by atoms with E-state index in [4.69, 9.17) is 11.2 Å². The molecule has 6 atom stereocenters. The second kappa shape index (κ2) is 6.90. The number of terminal acetylenes is 1. The predicted octanol–water partition coefficient (Wildman–Crippen LogP) is 3.58. The average Bonchev–Trinajstić information content (AvgIpc) is 2.93. The van der Waals surface area contributed by atoms with Gasteiger partial charge < -0.3 is 14.9 Å². The van der Waals surface area contributed by atoms with Crippen molar-refractivity contribution in [2.24, 2.45) is 17.3 Å². The van der Waals surface area contributed by atoms with Gasteiger partial charge in [0.05, 0.1) is 6.10 Å². The number of aliphatic hydroxyl groups is 2. The van der Waals surface area contributed by atoms with Gasteiger partial charge in [0.25, 0.3) is 0 Å². The Morgan fingerprint density at radius 3 is 2.86 bits per heavy atom. The molecular formula is C24H30O4. The number of esters is 1. The number of rotatable bonds is 3. The predicted molar refractivity (Wildman–Crippen MR) is 107 cm³/mol. The van der Waals surface area contributed by atoms with Crippen LogP contribution in [0.15, 0.2) is 18.2 Å². The second-order valence-corrected chi connectivity index (χ2v) is 9.15. The van der Waals surface area contributed by atoms with Gasteiger partial charge in [0.1, 0.15) is 11.4 Å². The molecule has 0 spiro atoms. The molecule has 3 aliphatic carbocycles. The molecule has 1 aromatic rings. The van der Waals surface area contributed by atoms with E-state index in [9.17, 15) is 15.0 Å². The molecule has 4 heteroatoms. The maximum atomic E-state index is 11.8. The summed E-state index contributed by atoms with van der Waals surface area (Å²) in [6.07, 6.45) is 10.2. The summed E-state index contributed by atoms with van der Waals surface area (Å²) in [6.45, 7) is 4.06. The highest BCUT2D eigenvalue weighted by atomic mass is 16.5. The third-order valence-electron chi connectivity index (χ3n) is 7.80. The Bertz CT molecular complexity index is 824. The maximum absolute atomic E-state index is 11.8. The van der Waals surface area contributed by atoms with Crippen LogP contribution in [0.25, 0.3) is 0 Å². The zero-order chi connectivity index (χ0) is 20.1. The van der Waals surface area contributed by atoms with Crippen LogP contribution in [0.1, 0.15) is 69.4 Å². The Hall–Kier alpha value is -1.83. The van der Waals surface area contributed by atoms with E-state index in [-0.39, 0.29) is 29.1 Å². The molecule has 0 aliphatic heterocycles. The normalized spacial score (nSPS) is 38.7. The van der Waals surface area contributed by atoms with Gasteiger partial charge in [0.15, 0.2) is 0 Å². The lowest BCUT2D eigenvalue weighted by Crippen LogP contribution is -2.53. The Balaban J connectivity index is 1.63. The van der Waals surface area contributed by atoms with Crippen molar-refractivity contribution in [1.82, 2.24) is 0 Å². The van der Waals surface area contributed by atoms with E-state index in [1.807, 2.05) is 19.1 Å². The molecule has 3 aliphatic rings. The molecule has 4 nitrogen and oxygen atoms in total. The van der Waals surface area contributed by atoms with Crippen molar-refractivity contribution in [3.05, 3.63) is 29.3 Å². The molecule has 0 heterocycles. The van der Waals surface area contributed by atoms with E-state index < -0.39 is 11.7 Å². The lowest BCUT2D eigenvalue weighted by atomic mass is 9.52. The Labute approximate surface area is 167 Å². The molecule has 0 aromatic heterocycles. The van der Waals surface area contributed by atoms with Gasteiger partial charge in [-0.2, -0.15) is 0 Å². The van der Waals surface area contributed by atoms with Gasteiger partial charge in [0, 0.05) is 11.8 Å². The van der Waals surface area contributed by atoms with E-state index in [2.05, 4.69) is 18.9 Å². The van der Waals surface area contributed by atoms with Crippen LogP contribution in [0.3, 0.4) is 0 Å². The van der Waals surface area contributed by atoms with Crippen LogP contribution >= 0.6 is 0 Å². The van der Waals surface area contributed by atoms with Gasteiger partial charge in [-0.1, -0.05) is 25.8 Å². The molecule has 0 amide bonds. The van der Waals surface area contributed by atoms with Crippen LogP contribution in [0.4, 0.5) is 0 Å². The fourth-order valence-electron chi connectivity index (χ4n) is 6.28. The molecule has 150 valence electrons. The minimum atomic E-state index is -1.07. The molecule has 0 unspecified atom stereocenters. The quantitative estimate of drug-likeness (QED) is 0.476. The van der Waals surface area contributed by atoms with Crippen molar-refractivity contribution < 1.29 is 19.7 Å². The highest BCUT2D eigenvalue weighted by molar-refractivity contribution is 5.72. The summed E-state index contributed by atoms with van der Waals surface area (Å²) >= 11 is 0. The van der Waals surface area contributed by atoms with Crippen LogP contribution in [-0.4, -0.2) is 27.9 Å². The second-order valence-electron chi connectivity index (χ2n) is 9.15. The summed E-state index contributed by atoms with van der Waals surface area (Å²) in [4.78, 5) is 11.8. The third-order valence-corrected chi connectivity index (χ3v) is 7.80. The molecule has 2 saturated carbocycles. The average molecular weight is 383 g/mol. The Morgan fingerprint density at radius 2 is 2.14 bits per heavy atom. The first-order valence-corrected chi connectivity index (χ1v) is 10.5. The van der Waals surface area contributed by atoms with E-state index in [1.165, 1.54) is 5.56 Å². The first-order valence-electron chi connectivity index (χ1n) is 10.5. The topological polar surface area (TPSA) is 66.8 Å². The molecule has 0 saturated heterocycles. The summed E-state index contributed by atoms with van der Waals surface area (Å²) in [5.74, 6) is 3.61. The van der Waals surface area contributed by atoms with Crippen LogP contribution in [-0.2, 0) is 11.2 Å². The molecule has 2 fully saturated rings. The summed E-state index contributed by atoms with van der Waals surface area (Å²) in [5, 5.41) is 22.1. The first kappa shape index (κ1) is 19.5. The fraction of sp³-hybridized carbons (Fsp3) is 0.625. The summed E-state index contributed by atoms with van der Waals surface area (Å²) < 4.78 is 5.44. The smallest absolute Gasteiger partial charge is 0.311 e. The largest absolute Gasteiger partial charge is 0.427 e. The standard InChI is InChI=1S/C24H30O4/c1-4-6-21(26)28-16-7-8-17-15(13-16)14-20(25)22-18(17)9-11-23(3)19(22)10-12-24(23,27)5-2/h2,7-8,13,18-20,22,25,27H,4,6,9-12,14H2,1,3H3/t18-,19+,20-,22-,23+,24+/m1/s1. The van der Waals surface area contributed by atoms with E-state index in [0.717, 1.165) is 31.2 Å². The van der Waals surface area contributed by atoms with Crippen molar-refractivity contribution in [3.63, 3.8) is 0 Å². The number of carbonyl (C=O) groups excluding carboxylic acids is 1. The highest BCUT2D eigenvalue weighted by Gasteiger charge is 2.62. The van der Waals surface area contributed by atoms with Crippen molar-refractivity contribution in [1.29, 1.82) is 0 Å². The van der Waals surface area contributed by atoms with Gasteiger partial charge in [-0.3, -0.25) is 4.79 Å². The van der Waals surface area contributed by atoms with Gasteiger partial charge in [-0.15, -0.1) is 6.42 Å². The maximum Gasteiger partial charge on any atom is 0.311 e. The SMILES string of the molecule is C#C[C@]1(O)CC[C@H]2[C@@H]3[C@H](O)Cc4cc(OC(=O)CCC)ccc4[C@H]3CC[C@@]21C. The van der Waals surface area contributed by atoms with Crippen LogP contribution in [0.5, 0.6) is 5.75 Å². The minimum Gasteiger partial charge on any atom is -0.427 e. The third kappa shape index (κ3) is 2.79. The van der Waals surface area contributed by atoms with Crippen molar-refractivity contribution in [3.8, 4) is 18.1 Å². The summed E-state index contributed by atoms with van der Waals surface area (Å²) in [5.41, 5.74) is 0.921. The molecular weight excluding hydrogens is 352 g/mol. The van der Waals surface area contributed by atoms with Crippen molar-refractivity contribution in [2.75, 3.05) is 0 Å². The zero-order valence-electron chi connectivity index (χ0n) is 16.8. The van der Waals surface area contributed by atoms with Gasteiger partial charge in [-0.05, 0) is 79.5 Å². The number of fused-ring (bicyclic) bond motifs is 5. The van der Waals surface area contributed by atoms with Crippen LogP contribution < -0.4 is 4.74 Å². The van der Waals surface area contributed by atoms with Gasteiger partial charge in [-0.25, -0.2) is 0 Å². The number of ether oxygens (including phenoxy) is 1. The molecule has 0 radical (unpaired) electrons. The highest BCUT2D eigenvalue weighted by Crippen LogP contribution is 2.64. The molecule has 0 bridgehead atoms. The van der Waals surface area contributed by atoms with Crippen LogP contribution in [0.2, 0.25) is 0 Å². The molecule has 28 heavy (non-hydrogen) atoms. The van der Waals surface area contributed by atoms with Gasteiger partial charge in [0.2, 0.25) is 0 Å². The first-order chi connectivity index (χ1) is 13.3. The number of hydrogen-bond donors (Lipinski definition) is 2. The summed E-state index contributed by atoms with van der Waals surface area (Å²) in [7, 11) is 0. The number of benzene rings is 1.